The second-order valence-corrected chi connectivity index (χ2v) is 15.1. The number of benzene rings is 4. The van der Waals surface area contributed by atoms with Gasteiger partial charge in [0.2, 0.25) is 5.88 Å². The molecule has 0 radical (unpaired) electrons. The summed E-state index contributed by atoms with van der Waals surface area (Å²) in [7, 11) is -8.29. The molecular weight excluding hydrogens is 663 g/mol. The predicted octanol–water partition coefficient (Wildman–Crippen LogP) is 8.40. The molecule has 0 saturated carbocycles. The highest BCUT2D eigenvalue weighted by Crippen LogP contribution is 2.42. The molecule has 9 nitrogen and oxygen atoms in total. The molecule has 4 aromatic carbocycles. The predicted molar refractivity (Wildman–Crippen MR) is 194 cm³/mol. The molecule has 1 aromatic heterocycles. The first kappa shape index (κ1) is 34.2. The van der Waals surface area contributed by atoms with Gasteiger partial charge in [0.05, 0.1) is 17.2 Å². The fraction of sp³-hybridized carbons (Fsp3) is 0.211. The molecule has 0 saturated heterocycles. The van der Waals surface area contributed by atoms with Crippen LogP contribution >= 0.6 is 0 Å². The van der Waals surface area contributed by atoms with Crippen LogP contribution in [0.3, 0.4) is 0 Å². The fourth-order valence-corrected chi connectivity index (χ4v) is 7.01. The monoisotopic (exact) mass is 699 g/mol. The minimum Gasteiger partial charge on any atom is -0.456 e. The Morgan fingerprint density at radius 3 is 2.00 bits per heavy atom. The third kappa shape index (κ3) is 8.49. The first-order chi connectivity index (χ1) is 23.5. The topological polar surface area (TPSA) is 134 Å². The van der Waals surface area contributed by atoms with Crippen LogP contribution in [-0.4, -0.2) is 44.0 Å². The molecule has 2 heterocycles. The Hall–Kier alpha value is -4.68. The molecule has 0 aliphatic carbocycles. The second kappa shape index (κ2) is 14.4. The van der Waals surface area contributed by atoms with Crippen LogP contribution in [0.25, 0.3) is 39.3 Å². The molecule has 0 spiro atoms. The highest BCUT2D eigenvalue weighted by molar-refractivity contribution is 7.86. The van der Waals surface area contributed by atoms with Crippen molar-refractivity contribution < 1.29 is 35.1 Å². The van der Waals surface area contributed by atoms with E-state index in [4.69, 9.17) is 9.15 Å². The summed E-state index contributed by atoms with van der Waals surface area (Å²) in [6.07, 6.45) is 5.13. The molecule has 0 bridgehead atoms. The molecular formula is C38H37NO8S2. The summed E-state index contributed by atoms with van der Waals surface area (Å²) >= 11 is 0. The van der Waals surface area contributed by atoms with Gasteiger partial charge in [0.25, 0.3) is 20.2 Å². The van der Waals surface area contributed by atoms with Gasteiger partial charge < -0.3 is 14.1 Å². The van der Waals surface area contributed by atoms with Crippen molar-refractivity contribution in [2.75, 3.05) is 23.0 Å². The summed E-state index contributed by atoms with van der Waals surface area (Å²) < 4.78 is 77.8. The van der Waals surface area contributed by atoms with Crippen molar-refractivity contribution in [1.29, 1.82) is 0 Å². The standard InChI is InChI=1S/C38H37NO8S2/c1-2-27(23-37-32(15-9-21-48(40,41)42)33-25-30(16-18-35(33)46-37)28-11-5-3-6-12-28)24-38-39(20-10-22-49(43,44)45)34-26-31(17-19-36(34)47-38)29-13-7-4-8-14-29/h3-8,11-14,16-19,23-26H,2,9-10,15,20-22H2,1H3,(H,40,41,42)(H,43,44,45)/b27-23-,38-24-. The van der Waals surface area contributed by atoms with Gasteiger partial charge in [-0.05, 0) is 83.9 Å². The van der Waals surface area contributed by atoms with Gasteiger partial charge in [-0.3, -0.25) is 9.11 Å². The third-order valence-corrected chi connectivity index (χ3v) is 10.0. The van der Waals surface area contributed by atoms with Gasteiger partial charge in [0, 0.05) is 23.6 Å². The largest absolute Gasteiger partial charge is 0.456 e. The molecule has 11 heteroatoms. The van der Waals surface area contributed by atoms with E-state index in [-0.39, 0.29) is 25.1 Å². The average Bonchev–Trinajstić information content (AvgIpc) is 3.60. The molecule has 0 fully saturated rings. The highest BCUT2D eigenvalue weighted by Gasteiger charge is 2.27. The number of anilines is 1. The number of rotatable bonds is 13. The Bertz CT molecular complexity index is 2240. The lowest BCUT2D eigenvalue weighted by Crippen LogP contribution is -2.23. The minimum absolute atomic E-state index is 0.172. The van der Waals surface area contributed by atoms with Crippen molar-refractivity contribution in [2.45, 2.75) is 32.6 Å². The van der Waals surface area contributed by atoms with Crippen LogP contribution in [0.5, 0.6) is 5.75 Å². The normalized spacial score (nSPS) is 14.4. The Kier molecular flexibility index (Phi) is 10.1. The Balaban J connectivity index is 1.39. The van der Waals surface area contributed by atoms with Crippen LogP contribution in [0.4, 0.5) is 5.69 Å². The lowest BCUT2D eigenvalue weighted by Gasteiger charge is -2.19. The van der Waals surface area contributed by atoms with Gasteiger partial charge in [-0.25, -0.2) is 0 Å². The molecule has 49 heavy (non-hydrogen) atoms. The number of fused-ring (bicyclic) bond motifs is 2. The van der Waals surface area contributed by atoms with Gasteiger partial charge in [0.15, 0.2) is 5.75 Å². The van der Waals surface area contributed by atoms with E-state index in [1.807, 2.05) is 121 Å². The summed E-state index contributed by atoms with van der Waals surface area (Å²) in [5.74, 6) is 0.929. The first-order valence-corrected chi connectivity index (χ1v) is 19.3. The van der Waals surface area contributed by atoms with E-state index in [9.17, 15) is 25.9 Å². The van der Waals surface area contributed by atoms with Crippen molar-refractivity contribution in [3.63, 3.8) is 0 Å². The van der Waals surface area contributed by atoms with Crippen LogP contribution in [0.15, 0.2) is 119 Å². The summed E-state index contributed by atoms with van der Waals surface area (Å²) in [5.41, 5.74) is 7.14. The molecule has 0 amide bonds. The van der Waals surface area contributed by atoms with Crippen LogP contribution in [0, 0.1) is 0 Å². The van der Waals surface area contributed by atoms with Gasteiger partial charge in [0.1, 0.15) is 11.3 Å². The van der Waals surface area contributed by atoms with Crippen LogP contribution in [-0.2, 0) is 26.7 Å². The Morgan fingerprint density at radius 1 is 0.755 bits per heavy atom. The SMILES string of the molecule is CCC(=C/c1oc2ccc(-c3ccccc3)cc2c1CCCS(=O)(=O)O)/C=C1\Oc2ccc(-c3ccccc3)cc2N1CCCS(=O)(=O)O. The van der Waals surface area contributed by atoms with E-state index in [0.717, 1.165) is 44.5 Å². The van der Waals surface area contributed by atoms with Crippen LogP contribution < -0.4 is 9.64 Å². The molecule has 6 rings (SSSR count). The van der Waals surface area contributed by atoms with E-state index in [2.05, 4.69) is 0 Å². The van der Waals surface area contributed by atoms with E-state index in [1.54, 1.807) is 0 Å². The Morgan fingerprint density at radius 2 is 1.37 bits per heavy atom. The maximum atomic E-state index is 11.6. The zero-order valence-corrected chi connectivity index (χ0v) is 28.6. The van der Waals surface area contributed by atoms with Gasteiger partial charge >= 0.3 is 0 Å². The maximum Gasteiger partial charge on any atom is 0.264 e. The third-order valence-electron chi connectivity index (χ3n) is 8.41. The van der Waals surface area contributed by atoms with E-state index in [1.165, 1.54) is 0 Å². The van der Waals surface area contributed by atoms with E-state index in [0.29, 0.717) is 35.8 Å². The van der Waals surface area contributed by atoms with Crippen molar-refractivity contribution >= 4 is 43.0 Å². The molecule has 1 aliphatic rings. The number of hydrogen-bond acceptors (Lipinski definition) is 7. The molecule has 5 aromatic rings. The molecule has 0 atom stereocenters. The summed E-state index contributed by atoms with van der Waals surface area (Å²) in [4.78, 5) is 1.91. The minimum atomic E-state index is -4.15. The molecule has 0 unspecified atom stereocenters. The molecule has 2 N–H and O–H groups in total. The summed E-state index contributed by atoms with van der Waals surface area (Å²) in [6, 6.07) is 31.6. The van der Waals surface area contributed by atoms with E-state index >= 15 is 0 Å². The smallest absolute Gasteiger partial charge is 0.264 e. The van der Waals surface area contributed by atoms with Crippen molar-refractivity contribution in [2.24, 2.45) is 0 Å². The zero-order chi connectivity index (χ0) is 34.6. The number of furan rings is 1. The number of ether oxygens (including phenoxy) is 1. The quantitative estimate of drug-likeness (QED) is 0.116. The average molecular weight is 700 g/mol. The van der Waals surface area contributed by atoms with Crippen LogP contribution in [0.1, 0.15) is 37.5 Å². The van der Waals surface area contributed by atoms with Gasteiger partial charge in [-0.1, -0.05) is 79.7 Å². The molecule has 1 aliphatic heterocycles. The molecule has 254 valence electrons. The number of aryl methyl sites for hydroxylation is 1. The lowest BCUT2D eigenvalue weighted by molar-refractivity contribution is 0.436. The fourth-order valence-electron chi connectivity index (χ4n) is 6.01. The Labute approximate surface area is 286 Å². The first-order valence-electron chi connectivity index (χ1n) is 16.1. The lowest BCUT2D eigenvalue weighted by atomic mass is 9.99. The second-order valence-electron chi connectivity index (χ2n) is 11.9. The van der Waals surface area contributed by atoms with Gasteiger partial charge in [-0.15, -0.1) is 0 Å². The number of allylic oxidation sites excluding steroid dienone is 2. The highest BCUT2D eigenvalue weighted by atomic mass is 32.2. The van der Waals surface area contributed by atoms with Gasteiger partial charge in [-0.2, -0.15) is 16.8 Å². The summed E-state index contributed by atoms with van der Waals surface area (Å²) in [6.45, 7) is 2.27. The summed E-state index contributed by atoms with van der Waals surface area (Å²) in [5, 5.41) is 0.857. The number of nitrogens with zero attached hydrogens (tertiary/aromatic N) is 1. The van der Waals surface area contributed by atoms with Crippen molar-refractivity contribution in [1.82, 2.24) is 0 Å². The van der Waals surface area contributed by atoms with E-state index < -0.39 is 26.0 Å². The zero-order valence-electron chi connectivity index (χ0n) is 26.9. The van der Waals surface area contributed by atoms with Crippen molar-refractivity contribution in [3.05, 3.63) is 126 Å². The number of hydrogen-bond donors (Lipinski definition) is 2. The van der Waals surface area contributed by atoms with Crippen molar-refractivity contribution in [3.8, 4) is 28.0 Å². The maximum absolute atomic E-state index is 11.6. The van der Waals surface area contributed by atoms with Crippen LogP contribution in [0.2, 0.25) is 0 Å².